The molecule has 0 spiro atoms. The van der Waals surface area contributed by atoms with Gasteiger partial charge in [0.1, 0.15) is 5.84 Å². The van der Waals surface area contributed by atoms with Gasteiger partial charge in [0.25, 0.3) is 0 Å². The summed E-state index contributed by atoms with van der Waals surface area (Å²) in [6.45, 7) is 16.5. The van der Waals surface area contributed by atoms with Crippen LogP contribution < -0.4 is 0 Å². The second-order valence-electron chi connectivity index (χ2n) is 4.19. The quantitative estimate of drug-likeness (QED) is 0.406. The van der Waals surface area contributed by atoms with Gasteiger partial charge in [0.05, 0.1) is 0 Å². The highest BCUT2D eigenvalue weighted by Crippen LogP contribution is 2.14. The Balaban J connectivity index is 4.45. The molecule has 0 aliphatic heterocycles. The summed E-state index contributed by atoms with van der Waals surface area (Å²) in [5.41, 5.74) is 1.05. The average Bonchev–Trinajstić information content (AvgIpc) is 2.11. The molecular weight excluding hydrogens is 172 g/mol. The predicted octanol–water partition coefficient (Wildman–Crippen LogP) is 3.28. The van der Waals surface area contributed by atoms with Crippen molar-refractivity contribution >= 4 is 5.84 Å². The minimum atomic E-state index is 0.257. The fourth-order valence-corrected chi connectivity index (χ4v) is 1.12. The van der Waals surface area contributed by atoms with Crippen molar-refractivity contribution in [3.8, 4) is 0 Å². The first-order valence-corrected chi connectivity index (χ1v) is 5.02. The Kier molecular flexibility index (Phi) is 5.21. The van der Waals surface area contributed by atoms with Crippen LogP contribution in [0.2, 0.25) is 0 Å². The highest BCUT2D eigenvalue weighted by molar-refractivity contribution is 5.82. The van der Waals surface area contributed by atoms with Crippen molar-refractivity contribution in [3.63, 3.8) is 0 Å². The molecule has 0 fully saturated rings. The van der Waals surface area contributed by atoms with Crippen LogP contribution in [0.5, 0.6) is 0 Å². The van der Waals surface area contributed by atoms with Crippen LogP contribution in [0.15, 0.2) is 24.9 Å². The van der Waals surface area contributed by atoms with Crippen molar-refractivity contribution in [3.05, 3.63) is 24.9 Å². The second-order valence-corrected chi connectivity index (χ2v) is 4.19. The fourth-order valence-electron chi connectivity index (χ4n) is 1.12. The van der Waals surface area contributed by atoms with Gasteiger partial charge in [0, 0.05) is 12.5 Å². The molecule has 0 aromatic carbocycles. The number of hydrogen-bond acceptors (Lipinski definition) is 1. The zero-order chi connectivity index (χ0) is 11.3. The van der Waals surface area contributed by atoms with E-state index < -0.39 is 0 Å². The lowest BCUT2D eigenvalue weighted by Gasteiger charge is -2.27. The van der Waals surface area contributed by atoms with Crippen molar-refractivity contribution in [2.24, 2.45) is 11.8 Å². The molecule has 0 radical (unpaired) electrons. The van der Waals surface area contributed by atoms with E-state index in [2.05, 4.69) is 33.9 Å². The fraction of sp³-hybridized carbons (Fsp3) is 0.583. The summed E-state index contributed by atoms with van der Waals surface area (Å²) in [4.78, 5) is 1.85. The highest BCUT2D eigenvalue weighted by atomic mass is 15.1. The molecule has 2 heteroatoms. The molecule has 0 aliphatic carbocycles. The van der Waals surface area contributed by atoms with E-state index in [0.717, 1.165) is 5.57 Å². The summed E-state index contributed by atoms with van der Waals surface area (Å²) in [6, 6.07) is 0. The van der Waals surface area contributed by atoms with Gasteiger partial charge in [-0.2, -0.15) is 0 Å². The van der Waals surface area contributed by atoms with E-state index in [4.69, 9.17) is 5.41 Å². The lowest BCUT2D eigenvalue weighted by molar-refractivity contribution is 0.465. The molecule has 14 heavy (non-hydrogen) atoms. The third-order valence-electron chi connectivity index (χ3n) is 2.40. The molecule has 0 aromatic rings. The molecule has 0 heterocycles. The van der Waals surface area contributed by atoms with Gasteiger partial charge in [-0.05, 0) is 19.0 Å². The number of nitrogens with zero attached hydrogens (tertiary/aromatic N) is 1. The van der Waals surface area contributed by atoms with Crippen LogP contribution >= 0.6 is 0 Å². The number of rotatable bonds is 5. The first-order valence-electron chi connectivity index (χ1n) is 5.02. The number of amidine groups is 1. The molecule has 0 saturated heterocycles. The molecular formula is C12H22N2. The zero-order valence-electron chi connectivity index (χ0n) is 9.80. The Labute approximate surface area is 87.8 Å². The van der Waals surface area contributed by atoms with Crippen LogP contribution in [-0.4, -0.2) is 17.3 Å². The van der Waals surface area contributed by atoms with Crippen LogP contribution in [0.1, 0.15) is 27.7 Å². The molecule has 0 rings (SSSR count). The monoisotopic (exact) mass is 194 g/mol. The molecule has 1 unspecified atom stereocenters. The van der Waals surface area contributed by atoms with Gasteiger partial charge in [0.15, 0.2) is 0 Å². The third kappa shape index (κ3) is 3.77. The Bertz CT molecular complexity index is 228. The maximum Gasteiger partial charge on any atom is 0.103 e. The van der Waals surface area contributed by atoms with Gasteiger partial charge < -0.3 is 4.90 Å². The summed E-state index contributed by atoms with van der Waals surface area (Å²) in [5.74, 6) is 1.36. The van der Waals surface area contributed by atoms with E-state index in [1.165, 1.54) is 0 Å². The average molecular weight is 194 g/mol. The van der Waals surface area contributed by atoms with Crippen molar-refractivity contribution in [2.45, 2.75) is 27.7 Å². The molecule has 1 atom stereocenters. The third-order valence-corrected chi connectivity index (χ3v) is 2.40. The van der Waals surface area contributed by atoms with E-state index in [0.29, 0.717) is 18.3 Å². The minimum absolute atomic E-state index is 0.257. The van der Waals surface area contributed by atoms with Gasteiger partial charge in [-0.1, -0.05) is 39.5 Å². The maximum atomic E-state index is 7.99. The number of nitrogens with one attached hydrogen (secondary N) is 1. The lowest BCUT2D eigenvalue weighted by Crippen LogP contribution is -2.33. The maximum absolute atomic E-state index is 7.99. The Morgan fingerprint density at radius 3 is 2.21 bits per heavy atom. The molecule has 2 nitrogen and oxygen atoms in total. The molecule has 80 valence electrons. The minimum Gasteiger partial charge on any atom is -0.333 e. The van der Waals surface area contributed by atoms with Crippen LogP contribution in [-0.2, 0) is 0 Å². The van der Waals surface area contributed by atoms with Gasteiger partial charge in [-0.3, -0.25) is 5.41 Å². The summed E-state index contributed by atoms with van der Waals surface area (Å²) in [5, 5.41) is 7.99. The standard InChI is InChI=1S/C12H22N2/c1-7-14(8-9(2)3)12(13)11(6)10(4)5/h7,10-11,13H,1-2,8H2,3-6H3. The topological polar surface area (TPSA) is 27.1 Å². The van der Waals surface area contributed by atoms with E-state index in [9.17, 15) is 0 Å². The van der Waals surface area contributed by atoms with Gasteiger partial charge >= 0.3 is 0 Å². The van der Waals surface area contributed by atoms with E-state index >= 15 is 0 Å². The van der Waals surface area contributed by atoms with E-state index in [1.54, 1.807) is 6.20 Å². The normalized spacial score (nSPS) is 12.4. The first-order chi connectivity index (χ1) is 6.40. The molecule has 0 amide bonds. The summed E-state index contributed by atoms with van der Waals surface area (Å²) < 4.78 is 0. The molecule has 0 aliphatic rings. The lowest BCUT2D eigenvalue weighted by atomic mass is 9.96. The molecule has 0 bridgehead atoms. The number of hydrogen-bond donors (Lipinski definition) is 1. The SMILES string of the molecule is C=CN(CC(=C)C)C(=N)C(C)C(C)C. The van der Waals surface area contributed by atoms with Crippen LogP contribution in [0.4, 0.5) is 0 Å². The second kappa shape index (κ2) is 5.63. The van der Waals surface area contributed by atoms with Crippen molar-refractivity contribution in [2.75, 3.05) is 6.54 Å². The van der Waals surface area contributed by atoms with Crippen LogP contribution in [0.25, 0.3) is 0 Å². The summed E-state index contributed by atoms with van der Waals surface area (Å²) >= 11 is 0. The van der Waals surface area contributed by atoms with Gasteiger partial charge in [0.2, 0.25) is 0 Å². The smallest absolute Gasteiger partial charge is 0.103 e. The molecule has 1 N–H and O–H groups in total. The van der Waals surface area contributed by atoms with Crippen LogP contribution in [0, 0.1) is 17.2 Å². The summed E-state index contributed by atoms with van der Waals surface area (Å²) in [6.07, 6.45) is 1.70. The Hall–Kier alpha value is -1.05. The van der Waals surface area contributed by atoms with Gasteiger partial charge in [-0.15, -0.1) is 0 Å². The van der Waals surface area contributed by atoms with E-state index in [-0.39, 0.29) is 5.92 Å². The summed E-state index contributed by atoms with van der Waals surface area (Å²) in [7, 11) is 0. The van der Waals surface area contributed by atoms with Crippen molar-refractivity contribution < 1.29 is 0 Å². The molecule has 0 aromatic heterocycles. The zero-order valence-corrected chi connectivity index (χ0v) is 9.80. The van der Waals surface area contributed by atoms with Gasteiger partial charge in [-0.25, -0.2) is 0 Å². The van der Waals surface area contributed by atoms with Crippen molar-refractivity contribution in [1.82, 2.24) is 4.90 Å². The Morgan fingerprint density at radius 2 is 1.93 bits per heavy atom. The van der Waals surface area contributed by atoms with Crippen LogP contribution in [0.3, 0.4) is 0 Å². The predicted molar refractivity (Wildman–Crippen MR) is 63.4 cm³/mol. The first kappa shape index (κ1) is 12.9. The molecule has 0 saturated carbocycles. The Morgan fingerprint density at radius 1 is 1.43 bits per heavy atom. The largest absolute Gasteiger partial charge is 0.333 e. The van der Waals surface area contributed by atoms with Crippen molar-refractivity contribution in [1.29, 1.82) is 5.41 Å². The van der Waals surface area contributed by atoms with E-state index in [1.807, 2.05) is 11.8 Å². The highest BCUT2D eigenvalue weighted by Gasteiger charge is 2.17.